The number of benzene rings is 2. The fourth-order valence-corrected chi connectivity index (χ4v) is 4.92. The number of rotatable bonds is 10. The molecule has 0 aliphatic carbocycles. The van der Waals surface area contributed by atoms with E-state index in [1.54, 1.807) is 48.5 Å². The summed E-state index contributed by atoms with van der Waals surface area (Å²) in [6.45, 7) is -0.405. The number of para-hydroxylation sites is 2. The molecule has 4 heterocycles. The summed E-state index contributed by atoms with van der Waals surface area (Å²) in [6.07, 6.45) is 3.00. The van der Waals surface area contributed by atoms with Crippen molar-refractivity contribution in [2.75, 3.05) is 9.80 Å². The zero-order valence-corrected chi connectivity index (χ0v) is 21.5. The van der Waals surface area contributed by atoms with Crippen LogP contribution in [0.5, 0.6) is 0 Å². The topological polar surface area (TPSA) is 172 Å². The molecule has 2 aliphatic rings. The predicted molar refractivity (Wildman–Crippen MR) is 135 cm³/mol. The molecule has 0 unspecified atom stereocenters. The van der Waals surface area contributed by atoms with Crippen molar-refractivity contribution >= 4 is 43.0 Å². The van der Waals surface area contributed by atoms with Crippen molar-refractivity contribution < 1.29 is 32.8 Å². The SMILES string of the molecule is O=C1C(=O)N(Cc2cn(CO[PH](=O)OCn3cc(CN4C(=O)C(=O)c5ccccc54)nn3)nn2)c2ccccc21. The van der Waals surface area contributed by atoms with Crippen LogP contribution >= 0.6 is 8.25 Å². The first-order chi connectivity index (χ1) is 19.4. The average molecular weight is 562 g/mol. The molecule has 40 heavy (non-hydrogen) atoms. The van der Waals surface area contributed by atoms with E-state index >= 15 is 0 Å². The molecule has 202 valence electrons. The zero-order chi connectivity index (χ0) is 27.8. The maximum Gasteiger partial charge on any atom is 0.322 e. The Morgan fingerprint density at radius 3 is 1.52 bits per heavy atom. The number of fused-ring (bicyclic) bond motifs is 2. The van der Waals surface area contributed by atoms with Crippen molar-refractivity contribution in [2.24, 2.45) is 0 Å². The van der Waals surface area contributed by atoms with Crippen molar-refractivity contribution in [1.29, 1.82) is 0 Å². The molecule has 2 aliphatic heterocycles. The van der Waals surface area contributed by atoms with E-state index in [-0.39, 0.29) is 26.6 Å². The largest absolute Gasteiger partial charge is 0.322 e. The van der Waals surface area contributed by atoms with Gasteiger partial charge in [-0.05, 0) is 24.3 Å². The highest BCUT2D eigenvalue weighted by molar-refractivity contribution is 7.33. The number of hydrogen-bond acceptors (Lipinski definition) is 11. The smallest absolute Gasteiger partial charge is 0.299 e. The number of nitrogens with zero attached hydrogens (tertiary/aromatic N) is 8. The number of ketones is 2. The third-order valence-corrected chi connectivity index (χ3v) is 6.93. The standard InChI is InChI=1S/C24H19N8O7P/c33-21-17-5-1-3-7-19(17)31(23(21)35)11-15-9-29(27-25-15)13-38-40(37)39-14-30-10-16(26-28-30)12-32-20-8-4-2-6-18(20)22(34)24(32)36/h1-10,40H,11-14H2. The third kappa shape index (κ3) is 4.73. The lowest BCUT2D eigenvalue weighted by molar-refractivity contribution is -0.115. The molecule has 0 bridgehead atoms. The number of aromatic nitrogens is 6. The van der Waals surface area contributed by atoms with Gasteiger partial charge >= 0.3 is 8.25 Å². The molecule has 2 aromatic carbocycles. The molecule has 4 aromatic rings. The maximum atomic E-state index is 12.3. The van der Waals surface area contributed by atoms with Gasteiger partial charge in [-0.3, -0.25) is 42.6 Å². The van der Waals surface area contributed by atoms with Crippen LogP contribution in [0, 0.1) is 0 Å². The Bertz CT molecular complexity index is 1580. The highest BCUT2D eigenvalue weighted by Gasteiger charge is 2.36. The van der Waals surface area contributed by atoms with Crippen LogP contribution in [-0.2, 0) is 49.8 Å². The molecule has 2 aromatic heterocycles. The van der Waals surface area contributed by atoms with Gasteiger partial charge in [0.05, 0.1) is 48.0 Å². The summed E-state index contributed by atoms with van der Waals surface area (Å²) >= 11 is 0. The fraction of sp³-hybridized carbons (Fsp3) is 0.167. The van der Waals surface area contributed by atoms with Crippen LogP contribution < -0.4 is 9.80 Å². The Labute approximate surface area is 225 Å². The second-order valence-corrected chi connectivity index (χ2v) is 9.85. The molecule has 2 amide bonds. The van der Waals surface area contributed by atoms with Gasteiger partial charge in [-0.15, -0.1) is 10.2 Å². The van der Waals surface area contributed by atoms with E-state index in [0.29, 0.717) is 33.9 Å². The summed E-state index contributed by atoms with van der Waals surface area (Å²) in [6, 6.07) is 13.4. The Balaban J connectivity index is 0.988. The normalized spacial score (nSPS) is 14.5. The lowest BCUT2D eigenvalue weighted by Gasteiger charge is -2.14. The average Bonchev–Trinajstić information content (AvgIpc) is 3.73. The van der Waals surface area contributed by atoms with E-state index in [1.807, 2.05) is 0 Å². The van der Waals surface area contributed by atoms with Crippen molar-refractivity contribution in [3.63, 3.8) is 0 Å². The van der Waals surface area contributed by atoms with Gasteiger partial charge in [0.2, 0.25) is 0 Å². The quantitative estimate of drug-likeness (QED) is 0.202. The lowest BCUT2D eigenvalue weighted by atomic mass is 10.1. The van der Waals surface area contributed by atoms with Gasteiger partial charge in [0.15, 0.2) is 0 Å². The van der Waals surface area contributed by atoms with Gasteiger partial charge in [-0.2, -0.15) is 0 Å². The monoisotopic (exact) mass is 562 g/mol. The molecule has 0 radical (unpaired) electrons. The van der Waals surface area contributed by atoms with Crippen molar-refractivity contribution in [3.8, 4) is 0 Å². The van der Waals surface area contributed by atoms with Crippen LogP contribution in [0.25, 0.3) is 0 Å². The number of anilines is 2. The number of Topliss-reactive ketones (excluding diaryl/α,β-unsaturated/α-hetero) is 2. The van der Waals surface area contributed by atoms with Crippen LogP contribution in [0.3, 0.4) is 0 Å². The van der Waals surface area contributed by atoms with Gasteiger partial charge in [-0.1, -0.05) is 34.7 Å². The summed E-state index contributed by atoms with van der Waals surface area (Å²) in [7, 11) is -2.97. The molecule has 0 fully saturated rings. The minimum Gasteiger partial charge on any atom is -0.299 e. The second-order valence-electron chi connectivity index (χ2n) is 8.77. The van der Waals surface area contributed by atoms with E-state index in [9.17, 15) is 23.7 Å². The Morgan fingerprint density at radius 2 is 1.07 bits per heavy atom. The number of carbonyl (C=O) groups is 4. The molecule has 6 rings (SSSR count). The second kappa shape index (κ2) is 10.4. The lowest BCUT2D eigenvalue weighted by Crippen LogP contribution is -2.29. The highest BCUT2D eigenvalue weighted by atomic mass is 31.1. The molecule has 16 heteroatoms. The minimum atomic E-state index is -2.97. The van der Waals surface area contributed by atoms with Gasteiger partial charge in [0.1, 0.15) is 24.8 Å². The Hall–Kier alpha value is -4.85. The summed E-state index contributed by atoms with van der Waals surface area (Å²) in [5.41, 5.74) is 2.48. The predicted octanol–water partition coefficient (Wildman–Crippen LogP) is 1.37. The van der Waals surface area contributed by atoms with Crippen LogP contribution in [0.2, 0.25) is 0 Å². The van der Waals surface area contributed by atoms with E-state index in [1.165, 1.54) is 31.6 Å². The molecule has 0 saturated carbocycles. The highest BCUT2D eigenvalue weighted by Crippen LogP contribution is 2.31. The summed E-state index contributed by atoms with van der Waals surface area (Å²) in [5, 5.41) is 15.7. The van der Waals surface area contributed by atoms with Crippen LogP contribution in [0.1, 0.15) is 32.1 Å². The van der Waals surface area contributed by atoms with E-state index in [4.69, 9.17) is 9.05 Å². The van der Waals surface area contributed by atoms with Gasteiger partial charge < -0.3 is 0 Å². The van der Waals surface area contributed by atoms with E-state index in [0.717, 1.165) is 0 Å². The Morgan fingerprint density at radius 1 is 0.650 bits per heavy atom. The Kier molecular flexibility index (Phi) is 6.59. The van der Waals surface area contributed by atoms with Gasteiger partial charge in [0.25, 0.3) is 23.4 Å². The first kappa shape index (κ1) is 25.4. The molecule has 15 nitrogen and oxygen atoms in total. The molecular weight excluding hydrogens is 543 g/mol. The summed E-state index contributed by atoms with van der Waals surface area (Å²) < 4.78 is 25.2. The molecular formula is C24H19N8O7P. The first-order valence-electron chi connectivity index (χ1n) is 11.9. The zero-order valence-electron chi connectivity index (χ0n) is 20.5. The minimum absolute atomic E-state index is 0.0324. The summed E-state index contributed by atoms with van der Waals surface area (Å²) in [5.74, 6) is -2.45. The molecule has 0 spiro atoms. The molecule has 0 N–H and O–H groups in total. The number of amides is 2. The van der Waals surface area contributed by atoms with Crippen LogP contribution in [0.4, 0.5) is 11.4 Å². The summed E-state index contributed by atoms with van der Waals surface area (Å²) in [4.78, 5) is 51.6. The first-order valence-corrected chi connectivity index (χ1v) is 13.1. The third-order valence-electron chi connectivity index (χ3n) is 6.20. The van der Waals surface area contributed by atoms with Crippen molar-refractivity contribution in [3.05, 3.63) is 83.4 Å². The maximum absolute atomic E-state index is 12.3. The number of hydrogen-bond donors (Lipinski definition) is 0. The molecule has 0 atom stereocenters. The van der Waals surface area contributed by atoms with Gasteiger partial charge in [-0.25, -0.2) is 9.36 Å². The van der Waals surface area contributed by atoms with Crippen LogP contribution in [-0.4, -0.2) is 53.4 Å². The van der Waals surface area contributed by atoms with E-state index in [2.05, 4.69) is 20.6 Å². The molecule has 0 saturated heterocycles. The van der Waals surface area contributed by atoms with Crippen molar-refractivity contribution in [2.45, 2.75) is 26.6 Å². The van der Waals surface area contributed by atoms with Crippen LogP contribution in [0.15, 0.2) is 60.9 Å². The van der Waals surface area contributed by atoms with Crippen molar-refractivity contribution in [1.82, 2.24) is 30.0 Å². The fourth-order valence-electron chi connectivity index (χ4n) is 4.36. The van der Waals surface area contributed by atoms with Gasteiger partial charge in [0, 0.05) is 0 Å². The number of carbonyl (C=O) groups excluding carboxylic acids is 4. The van der Waals surface area contributed by atoms with E-state index < -0.39 is 31.6 Å².